The lowest BCUT2D eigenvalue weighted by atomic mass is 9.90. The molecule has 1 aromatic heterocycles. The van der Waals surface area contributed by atoms with E-state index >= 15 is 0 Å². The Morgan fingerprint density at radius 2 is 1.96 bits per heavy atom. The number of carbonyl (C=O) groups excluding carboxylic acids is 1. The molecule has 0 bridgehead atoms. The maximum absolute atomic E-state index is 12.4. The summed E-state index contributed by atoms with van der Waals surface area (Å²) in [5.41, 5.74) is 0.0528. The van der Waals surface area contributed by atoms with Crippen LogP contribution in [-0.4, -0.2) is 21.7 Å². The predicted molar refractivity (Wildman–Crippen MR) is 94.1 cm³/mol. The number of nitriles is 1. The topological polar surface area (TPSA) is 65.8 Å². The first-order valence-corrected chi connectivity index (χ1v) is 8.49. The van der Waals surface area contributed by atoms with Crippen molar-refractivity contribution in [3.63, 3.8) is 0 Å². The molecule has 1 N–H and O–H groups in total. The summed E-state index contributed by atoms with van der Waals surface area (Å²) in [6.45, 7) is 7.43. The third-order valence-electron chi connectivity index (χ3n) is 4.01. The lowest BCUT2D eigenvalue weighted by Gasteiger charge is -2.28. The smallest absolute Gasteiger partial charge is 0.234 e. The van der Waals surface area contributed by atoms with Crippen molar-refractivity contribution in [2.75, 3.05) is 0 Å². The van der Waals surface area contributed by atoms with Crippen LogP contribution in [0.3, 0.4) is 0 Å². The van der Waals surface area contributed by atoms with E-state index in [0.717, 1.165) is 15.9 Å². The number of benzene rings is 1. The van der Waals surface area contributed by atoms with Gasteiger partial charge in [-0.2, -0.15) is 5.26 Å². The van der Waals surface area contributed by atoms with E-state index in [-0.39, 0.29) is 17.1 Å². The van der Waals surface area contributed by atoms with Crippen LogP contribution in [0.2, 0.25) is 0 Å². The molecule has 1 amide bonds. The van der Waals surface area contributed by atoms with Crippen LogP contribution in [0, 0.1) is 17.2 Å². The molecule has 0 aliphatic carbocycles. The Morgan fingerprint density at radius 1 is 1.26 bits per heavy atom. The van der Waals surface area contributed by atoms with E-state index in [9.17, 15) is 10.1 Å². The van der Waals surface area contributed by atoms with E-state index in [0.29, 0.717) is 0 Å². The second-order valence-corrected chi connectivity index (χ2v) is 7.42. The molecule has 0 fully saturated rings. The molecule has 2 rings (SSSR count). The number of hydrogen-bond donors (Lipinski definition) is 1. The van der Waals surface area contributed by atoms with Crippen LogP contribution >= 0.6 is 11.8 Å². The summed E-state index contributed by atoms with van der Waals surface area (Å²) in [6, 6.07) is 14.0. The van der Waals surface area contributed by atoms with Crippen molar-refractivity contribution in [2.45, 2.75) is 43.5 Å². The zero-order valence-electron chi connectivity index (χ0n) is 13.8. The molecule has 2 atom stereocenters. The van der Waals surface area contributed by atoms with Crippen molar-refractivity contribution in [2.24, 2.45) is 5.92 Å². The fraction of sp³-hybridized carbons (Fsp3) is 0.389. The molecule has 0 aliphatic heterocycles. The number of pyridine rings is 1. The number of nitrogens with one attached hydrogen (secondary N) is 1. The standard InChI is InChI=1S/C18H21N3OS/c1-12(2)18(4,11-19)21-17(22)13(3)23-16-10-9-14-7-5-6-8-15(14)20-16/h5-10,12-13H,1-4H3,(H,21,22)/t13-,18+/m0/s1. The van der Waals surface area contributed by atoms with Gasteiger partial charge < -0.3 is 5.32 Å². The van der Waals surface area contributed by atoms with Crippen LogP contribution in [0.25, 0.3) is 10.9 Å². The third kappa shape index (κ3) is 4.02. The van der Waals surface area contributed by atoms with Gasteiger partial charge in [0, 0.05) is 5.39 Å². The van der Waals surface area contributed by atoms with Gasteiger partial charge in [-0.1, -0.05) is 49.9 Å². The molecule has 0 radical (unpaired) electrons. The number of carbonyl (C=O) groups is 1. The number of nitrogens with zero attached hydrogens (tertiary/aromatic N) is 2. The van der Waals surface area contributed by atoms with Crippen molar-refractivity contribution in [1.82, 2.24) is 10.3 Å². The molecule has 0 spiro atoms. The number of aromatic nitrogens is 1. The van der Waals surface area contributed by atoms with Gasteiger partial charge in [0.25, 0.3) is 0 Å². The molecule has 5 heteroatoms. The summed E-state index contributed by atoms with van der Waals surface area (Å²) < 4.78 is 0. The van der Waals surface area contributed by atoms with E-state index in [1.807, 2.05) is 57.2 Å². The summed E-state index contributed by atoms with van der Waals surface area (Å²) >= 11 is 1.40. The lowest BCUT2D eigenvalue weighted by molar-refractivity contribution is -0.121. The van der Waals surface area contributed by atoms with Gasteiger partial charge in [-0.3, -0.25) is 4.79 Å². The molecule has 0 saturated carbocycles. The quantitative estimate of drug-likeness (QED) is 0.849. The summed E-state index contributed by atoms with van der Waals surface area (Å²) in [6.07, 6.45) is 0. The number of para-hydroxylation sites is 1. The minimum Gasteiger partial charge on any atom is -0.337 e. The van der Waals surface area contributed by atoms with E-state index < -0.39 is 5.54 Å². The Balaban J connectivity index is 2.09. The molecular weight excluding hydrogens is 306 g/mol. The predicted octanol–water partition coefficient (Wildman–Crippen LogP) is 3.77. The van der Waals surface area contributed by atoms with Gasteiger partial charge in [0.15, 0.2) is 0 Å². The first kappa shape index (κ1) is 17.3. The molecule has 1 heterocycles. The lowest BCUT2D eigenvalue weighted by Crippen LogP contribution is -2.51. The number of fused-ring (bicyclic) bond motifs is 1. The number of thioether (sulfide) groups is 1. The minimum atomic E-state index is -0.858. The van der Waals surface area contributed by atoms with Gasteiger partial charge in [-0.15, -0.1) is 0 Å². The molecule has 120 valence electrons. The van der Waals surface area contributed by atoms with Gasteiger partial charge in [0.1, 0.15) is 5.54 Å². The van der Waals surface area contributed by atoms with Crippen LogP contribution in [0.4, 0.5) is 0 Å². The molecule has 0 aliphatic rings. The Labute approximate surface area is 141 Å². The fourth-order valence-electron chi connectivity index (χ4n) is 2.01. The zero-order valence-corrected chi connectivity index (χ0v) is 14.6. The SMILES string of the molecule is CC(C)[C@@](C)(C#N)NC(=O)[C@H](C)Sc1ccc2ccccc2n1. The van der Waals surface area contributed by atoms with Gasteiger partial charge in [-0.05, 0) is 31.9 Å². The molecule has 0 unspecified atom stereocenters. The highest BCUT2D eigenvalue weighted by atomic mass is 32.2. The Bertz CT molecular complexity index is 753. The molecular formula is C18H21N3OS. The normalized spacial score (nSPS) is 15.0. The van der Waals surface area contributed by atoms with Crippen LogP contribution in [0.15, 0.2) is 41.4 Å². The number of hydrogen-bond acceptors (Lipinski definition) is 4. The van der Waals surface area contributed by atoms with Gasteiger partial charge in [-0.25, -0.2) is 4.98 Å². The maximum Gasteiger partial charge on any atom is 0.234 e. The molecule has 23 heavy (non-hydrogen) atoms. The average molecular weight is 327 g/mol. The van der Waals surface area contributed by atoms with Crippen LogP contribution in [0.5, 0.6) is 0 Å². The molecule has 1 aromatic carbocycles. The van der Waals surface area contributed by atoms with Crippen molar-refractivity contribution in [1.29, 1.82) is 5.26 Å². The van der Waals surface area contributed by atoms with Crippen LogP contribution in [0.1, 0.15) is 27.7 Å². The van der Waals surface area contributed by atoms with Crippen molar-refractivity contribution < 1.29 is 4.79 Å². The molecule has 0 saturated heterocycles. The number of rotatable bonds is 5. The number of amides is 1. The van der Waals surface area contributed by atoms with E-state index in [1.54, 1.807) is 6.92 Å². The van der Waals surface area contributed by atoms with Crippen molar-refractivity contribution >= 4 is 28.6 Å². The van der Waals surface area contributed by atoms with Crippen molar-refractivity contribution in [3.05, 3.63) is 36.4 Å². The Morgan fingerprint density at radius 3 is 2.61 bits per heavy atom. The summed E-state index contributed by atoms with van der Waals surface area (Å²) in [7, 11) is 0. The second-order valence-electron chi connectivity index (χ2n) is 6.06. The van der Waals surface area contributed by atoms with E-state index in [2.05, 4.69) is 16.4 Å². The van der Waals surface area contributed by atoms with Crippen LogP contribution < -0.4 is 5.32 Å². The summed E-state index contributed by atoms with van der Waals surface area (Å²) in [5.74, 6) is -0.116. The molecule has 2 aromatic rings. The maximum atomic E-state index is 12.4. The summed E-state index contributed by atoms with van der Waals surface area (Å²) in [4.78, 5) is 16.9. The Hall–Kier alpha value is -2.06. The first-order chi connectivity index (χ1) is 10.9. The molecule has 4 nitrogen and oxygen atoms in total. The fourth-order valence-corrected chi connectivity index (χ4v) is 2.83. The van der Waals surface area contributed by atoms with Crippen molar-refractivity contribution in [3.8, 4) is 6.07 Å². The highest BCUT2D eigenvalue weighted by Gasteiger charge is 2.31. The van der Waals surface area contributed by atoms with Gasteiger partial charge in [0.05, 0.1) is 21.9 Å². The third-order valence-corrected chi connectivity index (χ3v) is 5.05. The highest BCUT2D eigenvalue weighted by molar-refractivity contribution is 8.00. The Kier molecular flexibility index (Phi) is 5.27. The van der Waals surface area contributed by atoms with Gasteiger partial charge in [0.2, 0.25) is 5.91 Å². The second kappa shape index (κ2) is 7.01. The van der Waals surface area contributed by atoms with E-state index in [4.69, 9.17) is 0 Å². The van der Waals surface area contributed by atoms with Crippen LogP contribution in [-0.2, 0) is 4.79 Å². The first-order valence-electron chi connectivity index (χ1n) is 7.61. The van der Waals surface area contributed by atoms with Gasteiger partial charge >= 0.3 is 0 Å². The zero-order chi connectivity index (χ0) is 17.0. The monoisotopic (exact) mass is 327 g/mol. The largest absolute Gasteiger partial charge is 0.337 e. The highest BCUT2D eigenvalue weighted by Crippen LogP contribution is 2.25. The summed E-state index contributed by atoms with van der Waals surface area (Å²) in [5, 5.41) is 13.7. The average Bonchev–Trinajstić information content (AvgIpc) is 2.54. The minimum absolute atomic E-state index is 0.0347. The van der Waals surface area contributed by atoms with E-state index in [1.165, 1.54) is 11.8 Å².